The summed E-state index contributed by atoms with van der Waals surface area (Å²) in [6, 6.07) is 12.7. The fourth-order valence-corrected chi connectivity index (χ4v) is 4.83. The molecular weight excluding hydrogens is 442 g/mol. The van der Waals surface area contributed by atoms with Crippen molar-refractivity contribution in [2.24, 2.45) is 0 Å². The Morgan fingerprint density at radius 2 is 1.93 bits per heavy atom. The number of carbonyl (C=O) groups is 1. The standard InChI is InChI=1S/C20H23N3O4S3/c1-14-10-17(23(21-14)12-20(24)27-13-28-22(2)3)19-9-8-18(29-19)15-6-5-7-16(11-15)30(4,25)26/h5-11H,12-13H2,1-4H3. The second-order valence-corrected chi connectivity index (χ2v) is 11.2. The molecule has 0 saturated carbocycles. The van der Waals surface area contributed by atoms with Crippen LogP contribution in [0.25, 0.3) is 21.0 Å². The Morgan fingerprint density at radius 3 is 2.63 bits per heavy atom. The van der Waals surface area contributed by atoms with E-state index in [0.717, 1.165) is 26.7 Å². The average molecular weight is 466 g/mol. The van der Waals surface area contributed by atoms with Crippen LogP contribution in [0.4, 0.5) is 0 Å². The molecule has 0 unspecified atom stereocenters. The van der Waals surface area contributed by atoms with Gasteiger partial charge in [-0.2, -0.15) is 5.10 Å². The molecule has 7 nitrogen and oxygen atoms in total. The maximum absolute atomic E-state index is 12.2. The molecule has 0 amide bonds. The molecule has 160 valence electrons. The van der Waals surface area contributed by atoms with Crippen LogP contribution in [0.5, 0.6) is 0 Å². The summed E-state index contributed by atoms with van der Waals surface area (Å²) in [6.45, 7) is 1.89. The van der Waals surface area contributed by atoms with Gasteiger partial charge in [0.25, 0.3) is 0 Å². The third-order valence-electron chi connectivity index (χ3n) is 4.12. The molecule has 0 spiro atoms. The molecule has 10 heteroatoms. The van der Waals surface area contributed by atoms with E-state index in [1.54, 1.807) is 22.9 Å². The van der Waals surface area contributed by atoms with Gasteiger partial charge in [0, 0.05) is 11.1 Å². The van der Waals surface area contributed by atoms with Crippen molar-refractivity contribution in [3.63, 3.8) is 0 Å². The first-order chi connectivity index (χ1) is 14.1. The first kappa shape index (κ1) is 22.5. The Hall–Kier alpha value is -2.14. The highest BCUT2D eigenvalue weighted by Gasteiger charge is 2.16. The van der Waals surface area contributed by atoms with Crippen molar-refractivity contribution in [1.29, 1.82) is 0 Å². The minimum atomic E-state index is -3.27. The second kappa shape index (κ2) is 9.34. The molecule has 0 atom stereocenters. The van der Waals surface area contributed by atoms with Crippen molar-refractivity contribution in [2.45, 2.75) is 18.4 Å². The fraction of sp³-hybridized carbons (Fsp3) is 0.300. The van der Waals surface area contributed by atoms with Crippen LogP contribution in [0.2, 0.25) is 0 Å². The molecule has 0 saturated heterocycles. The summed E-state index contributed by atoms with van der Waals surface area (Å²) in [6.07, 6.45) is 1.20. The van der Waals surface area contributed by atoms with Gasteiger partial charge in [-0.05, 0) is 68.9 Å². The van der Waals surface area contributed by atoms with Gasteiger partial charge in [-0.15, -0.1) is 11.3 Å². The number of rotatable bonds is 8. The van der Waals surface area contributed by atoms with E-state index in [1.165, 1.54) is 29.5 Å². The molecule has 1 aromatic carbocycles. The van der Waals surface area contributed by atoms with Crippen LogP contribution in [0.1, 0.15) is 5.69 Å². The van der Waals surface area contributed by atoms with Crippen LogP contribution in [0.3, 0.4) is 0 Å². The molecule has 0 fully saturated rings. The summed E-state index contributed by atoms with van der Waals surface area (Å²) in [7, 11) is 0.490. The van der Waals surface area contributed by atoms with Crippen molar-refractivity contribution in [1.82, 2.24) is 14.1 Å². The van der Waals surface area contributed by atoms with E-state index in [-0.39, 0.29) is 23.3 Å². The number of esters is 1. The molecule has 0 aliphatic rings. The Kier molecular flexibility index (Phi) is 7.02. The van der Waals surface area contributed by atoms with E-state index in [1.807, 2.05) is 49.6 Å². The zero-order valence-corrected chi connectivity index (χ0v) is 19.6. The van der Waals surface area contributed by atoms with E-state index < -0.39 is 9.84 Å². The molecule has 0 aliphatic heterocycles. The van der Waals surface area contributed by atoms with Crippen LogP contribution >= 0.6 is 23.3 Å². The Morgan fingerprint density at radius 1 is 1.20 bits per heavy atom. The van der Waals surface area contributed by atoms with Gasteiger partial charge in [-0.3, -0.25) is 13.8 Å². The third-order valence-corrected chi connectivity index (χ3v) is 7.12. The maximum Gasteiger partial charge on any atom is 0.328 e. The lowest BCUT2D eigenvalue weighted by molar-refractivity contribution is -0.142. The highest BCUT2D eigenvalue weighted by Crippen LogP contribution is 2.35. The van der Waals surface area contributed by atoms with Crippen LogP contribution < -0.4 is 0 Å². The Bertz CT molecular complexity index is 1150. The molecule has 0 aliphatic carbocycles. The molecule has 0 N–H and O–H groups in total. The predicted octanol–water partition coefficient (Wildman–Crippen LogP) is 3.70. The van der Waals surface area contributed by atoms with Gasteiger partial charge in [0.1, 0.15) is 6.54 Å². The Balaban J connectivity index is 1.82. The molecule has 3 aromatic rings. The van der Waals surface area contributed by atoms with E-state index >= 15 is 0 Å². The summed E-state index contributed by atoms with van der Waals surface area (Å²) in [5.41, 5.74) is 2.45. The Labute approximate surface area is 184 Å². The number of sulfone groups is 1. The summed E-state index contributed by atoms with van der Waals surface area (Å²) < 4.78 is 32.4. The number of benzene rings is 1. The highest BCUT2D eigenvalue weighted by atomic mass is 32.2. The first-order valence-corrected chi connectivity index (χ1v) is 12.7. The zero-order valence-electron chi connectivity index (χ0n) is 17.2. The topological polar surface area (TPSA) is 81.5 Å². The largest absolute Gasteiger partial charge is 0.452 e. The minimum Gasteiger partial charge on any atom is -0.452 e. The van der Waals surface area contributed by atoms with Crippen LogP contribution in [-0.2, 0) is 25.9 Å². The molecule has 2 heterocycles. The van der Waals surface area contributed by atoms with E-state index in [9.17, 15) is 13.2 Å². The van der Waals surface area contributed by atoms with Gasteiger partial charge in [-0.25, -0.2) is 8.42 Å². The first-order valence-electron chi connectivity index (χ1n) is 9.04. The van der Waals surface area contributed by atoms with E-state index in [0.29, 0.717) is 0 Å². The lowest BCUT2D eigenvalue weighted by atomic mass is 10.2. The lowest BCUT2D eigenvalue weighted by Gasteiger charge is -2.10. The molecule has 0 bridgehead atoms. The van der Waals surface area contributed by atoms with Crippen LogP contribution in [0, 0.1) is 6.92 Å². The van der Waals surface area contributed by atoms with Gasteiger partial charge in [-0.1, -0.05) is 12.1 Å². The molecule has 3 rings (SSSR count). The highest BCUT2D eigenvalue weighted by molar-refractivity contribution is 7.96. The van der Waals surface area contributed by atoms with Crippen LogP contribution in [0.15, 0.2) is 47.4 Å². The van der Waals surface area contributed by atoms with Crippen molar-refractivity contribution in [3.05, 3.63) is 48.2 Å². The number of ether oxygens (including phenoxy) is 1. The number of thiophene rings is 1. The van der Waals surface area contributed by atoms with Gasteiger partial charge in [0.05, 0.1) is 21.2 Å². The number of nitrogens with zero attached hydrogens (tertiary/aromatic N) is 3. The number of carbonyl (C=O) groups excluding carboxylic acids is 1. The average Bonchev–Trinajstić information content (AvgIpc) is 3.27. The number of hydrogen-bond acceptors (Lipinski definition) is 8. The van der Waals surface area contributed by atoms with Gasteiger partial charge in [0.2, 0.25) is 0 Å². The monoisotopic (exact) mass is 465 g/mol. The number of aryl methyl sites for hydroxylation is 1. The van der Waals surface area contributed by atoms with E-state index in [2.05, 4.69) is 5.10 Å². The number of hydrogen-bond donors (Lipinski definition) is 0. The molecule has 0 radical (unpaired) electrons. The van der Waals surface area contributed by atoms with Crippen molar-refractivity contribution >= 4 is 39.1 Å². The molecular formula is C20H23N3O4S3. The lowest BCUT2D eigenvalue weighted by Crippen LogP contribution is -2.16. The summed E-state index contributed by atoms with van der Waals surface area (Å²) in [4.78, 5) is 14.3. The number of aromatic nitrogens is 2. The SMILES string of the molecule is Cc1cc(-c2ccc(-c3cccc(S(C)(=O)=O)c3)s2)n(CC(=O)OCSN(C)C)n1. The van der Waals surface area contributed by atoms with Gasteiger partial charge >= 0.3 is 5.97 Å². The van der Waals surface area contributed by atoms with Gasteiger partial charge < -0.3 is 4.74 Å². The molecule has 2 aromatic heterocycles. The zero-order chi connectivity index (χ0) is 21.9. The fourth-order valence-electron chi connectivity index (χ4n) is 2.74. The second-order valence-electron chi connectivity index (χ2n) is 6.87. The van der Waals surface area contributed by atoms with Gasteiger partial charge in [0.15, 0.2) is 15.8 Å². The molecule has 30 heavy (non-hydrogen) atoms. The predicted molar refractivity (Wildman–Crippen MR) is 121 cm³/mol. The summed E-state index contributed by atoms with van der Waals surface area (Å²) >= 11 is 2.92. The van der Waals surface area contributed by atoms with Crippen LogP contribution in [-0.4, -0.2) is 54.8 Å². The maximum atomic E-state index is 12.2. The normalized spacial score (nSPS) is 11.8. The third kappa shape index (κ3) is 5.72. The van der Waals surface area contributed by atoms with Crippen molar-refractivity contribution in [3.8, 4) is 21.0 Å². The quantitative estimate of drug-likeness (QED) is 0.285. The summed E-state index contributed by atoms with van der Waals surface area (Å²) in [5.74, 6) is -0.104. The van der Waals surface area contributed by atoms with Crippen molar-refractivity contribution in [2.75, 3.05) is 26.3 Å². The van der Waals surface area contributed by atoms with E-state index in [4.69, 9.17) is 4.74 Å². The summed E-state index contributed by atoms with van der Waals surface area (Å²) in [5, 5.41) is 4.42. The smallest absolute Gasteiger partial charge is 0.328 e. The minimum absolute atomic E-state index is 0.0218. The van der Waals surface area contributed by atoms with Crippen molar-refractivity contribution < 1.29 is 17.9 Å².